The molecule has 0 saturated heterocycles. The van der Waals surface area contributed by atoms with E-state index < -0.39 is 0 Å². The first-order valence-electron chi connectivity index (χ1n) is 4.50. The van der Waals surface area contributed by atoms with E-state index in [2.05, 4.69) is 5.10 Å². The fourth-order valence-electron chi connectivity index (χ4n) is 1.46. The lowest BCUT2D eigenvalue weighted by Crippen LogP contribution is -2.20. The Kier molecular flexibility index (Phi) is 2.36. The van der Waals surface area contributed by atoms with E-state index >= 15 is 0 Å². The number of rotatable bonds is 1. The quantitative estimate of drug-likeness (QED) is 0.741. The molecule has 1 aromatic carbocycles. The van der Waals surface area contributed by atoms with Crippen LogP contribution in [0.1, 0.15) is 13.3 Å². The third-order valence-electron chi connectivity index (χ3n) is 2.13. The van der Waals surface area contributed by atoms with Crippen LogP contribution in [-0.2, 0) is 4.79 Å². The van der Waals surface area contributed by atoms with E-state index in [1.807, 2.05) is 6.92 Å². The van der Waals surface area contributed by atoms with Crippen LogP contribution in [0.5, 0.6) is 0 Å². The van der Waals surface area contributed by atoms with Gasteiger partial charge in [0.15, 0.2) is 0 Å². The van der Waals surface area contributed by atoms with Crippen molar-refractivity contribution in [3.05, 3.63) is 23.2 Å². The first kappa shape index (κ1) is 9.98. The van der Waals surface area contributed by atoms with E-state index in [0.717, 1.165) is 5.71 Å². The summed E-state index contributed by atoms with van der Waals surface area (Å²) in [7, 11) is 0. The zero-order valence-electron chi connectivity index (χ0n) is 8.20. The highest BCUT2D eigenvalue weighted by Crippen LogP contribution is 2.29. The molecule has 2 N–H and O–H groups in total. The molecule has 0 aliphatic carbocycles. The molecule has 78 valence electrons. The van der Waals surface area contributed by atoms with Crippen molar-refractivity contribution in [1.82, 2.24) is 0 Å². The fraction of sp³-hybridized carbons (Fsp3) is 0.200. The number of amides is 1. The van der Waals surface area contributed by atoms with Gasteiger partial charge in [-0.05, 0) is 25.1 Å². The maximum absolute atomic E-state index is 11.5. The van der Waals surface area contributed by atoms with Gasteiger partial charge >= 0.3 is 0 Å². The zero-order chi connectivity index (χ0) is 11.0. The van der Waals surface area contributed by atoms with Gasteiger partial charge in [-0.2, -0.15) is 10.1 Å². The number of anilines is 2. The average molecular weight is 224 g/mol. The van der Waals surface area contributed by atoms with Crippen LogP contribution in [-0.4, -0.2) is 11.6 Å². The summed E-state index contributed by atoms with van der Waals surface area (Å²) in [4.78, 5) is 11.5. The minimum atomic E-state index is -0.0680. The number of hydrogen-bond acceptors (Lipinski definition) is 3. The minimum Gasteiger partial charge on any atom is -0.397 e. The molecular weight excluding hydrogens is 214 g/mol. The number of carbonyl (C=O) groups excluding carboxylic acids is 1. The summed E-state index contributed by atoms with van der Waals surface area (Å²) in [6.45, 7) is 1.81. The summed E-state index contributed by atoms with van der Waals surface area (Å²) >= 11 is 5.77. The Balaban J connectivity index is 2.42. The van der Waals surface area contributed by atoms with Gasteiger partial charge in [0.1, 0.15) is 0 Å². The van der Waals surface area contributed by atoms with Crippen molar-refractivity contribution in [2.24, 2.45) is 5.10 Å². The number of hydrazone groups is 1. The molecule has 0 aromatic heterocycles. The van der Waals surface area contributed by atoms with Crippen LogP contribution < -0.4 is 10.7 Å². The molecule has 0 unspecified atom stereocenters. The molecule has 15 heavy (non-hydrogen) atoms. The lowest BCUT2D eigenvalue weighted by atomic mass is 10.2. The van der Waals surface area contributed by atoms with E-state index in [-0.39, 0.29) is 5.91 Å². The van der Waals surface area contributed by atoms with Crippen LogP contribution in [0.2, 0.25) is 5.02 Å². The summed E-state index contributed by atoms with van der Waals surface area (Å²) in [5.41, 5.74) is 7.59. The number of halogens is 1. The normalized spacial score (nSPS) is 15.7. The van der Waals surface area contributed by atoms with Gasteiger partial charge in [0, 0.05) is 10.7 Å². The van der Waals surface area contributed by atoms with E-state index in [9.17, 15) is 4.79 Å². The maximum Gasteiger partial charge on any atom is 0.253 e. The molecule has 0 radical (unpaired) electrons. The Hall–Kier alpha value is -1.55. The molecule has 0 saturated carbocycles. The molecule has 4 nitrogen and oxygen atoms in total. The van der Waals surface area contributed by atoms with Crippen molar-refractivity contribution in [2.45, 2.75) is 13.3 Å². The number of nitrogens with two attached hydrogens (primary N) is 1. The topological polar surface area (TPSA) is 58.7 Å². The van der Waals surface area contributed by atoms with Crippen LogP contribution >= 0.6 is 11.6 Å². The van der Waals surface area contributed by atoms with Crippen molar-refractivity contribution < 1.29 is 4.79 Å². The predicted molar refractivity (Wildman–Crippen MR) is 61.1 cm³/mol. The molecule has 0 bridgehead atoms. The van der Waals surface area contributed by atoms with Crippen molar-refractivity contribution in [3.8, 4) is 0 Å². The van der Waals surface area contributed by atoms with Gasteiger partial charge in [0.2, 0.25) is 0 Å². The van der Waals surface area contributed by atoms with Gasteiger partial charge in [-0.1, -0.05) is 11.6 Å². The van der Waals surface area contributed by atoms with E-state index in [1.165, 1.54) is 5.01 Å². The molecule has 0 spiro atoms. The highest BCUT2D eigenvalue weighted by molar-refractivity contribution is 6.31. The number of carbonyl (C=O) groups is 1. The van der Waals surface area contributed by atoms with Crippen molar-refractivity contribution >= 4 is 34.6 Å². The number of hydrogen-bond donors (Lipinski definition) is 1. The lowest BCUT2D eigenvalue weighted by molar-refractivity contribution is -0.116. The maximum atomic E-state index is 11.5. The second-order valence-electron chi connectivity index (χ2n) is 3.42. The van der Waals surface area contributed by atoms with Gasteiger partial charge in [-0.3, -0.25) is 4.79 Å². The van der Waals surface area contributed by atoms with Crippen LogP contribution in [0.15, 0.2) is 23.3 Å². The van der Waals surface area contributed by atoms with E-state index in [1.54, 1.807) is 18.2 Å². The predicted octanol–water partition coefficient (Wildman–Crippen LogP) is 2.03. The largest absolute Gasteiger partial charge is 0.397 e. The van der Waals surface area contributed by atoms with Crippen LogP contribution in [0, 0.1) is 0 Å². The van der Waals surface area contributed by atoms with Crippen molar-refractivity contribution in [3.63, 3.8) is 0 Å². The molecule has 0 atom stereocenters. The third-order valence-corrected chi connectivity index (χ3v) is 2.37. The summed E-state index contributed by atoms with van der Waals surface area (Å²) in [6.07, 6.45) is 0.349. The van der Waals surface area contributed by atoms with Gasteiger partial charge in [-0.15, -0.1) is 0 Å². The van der Waals surface area contributed by atoms with Gasteiger partial charge < -0.3 is 5.73 Å². The number of benzene rings is 1. The Labute approximate surface area is 92.3 Å². The highest BCUT2D eigenvalue weighted by Gasteiger charge is 2.24. The molecular formula is C10H10ClN3O. The second-order valence-corrected chi connectivity index (χ2v) is 3.86. The number of nitrogens with zero attached hydrogens (tertiary/aromatic N) is 2. The SMILES string of the molecule is CC1=NN(c2ccc(Cl)cc2N)C(=O)C1. The first-order valence-corrected chi connectivity index (χ1v) is 4.88. The Bertz CT molecular complexity index is 456. The molecule has 1 amide bonds. The second kappa shape index (κ2) is 3.55. The zero-order valence-corrected chi connectivity index (χ0v) is 8.95. The molecule has 1 aromatic rings. The first-order chi connectivity index (χ1) is 7.08. The molecule has 0 fully saturated rings. The Morgan fingerprint density at radius 1 is 1.53 bits per heavy atom. The van der Waals surface area contributed by atoms with Crippen molar-refractivity contribution in [1.29, 1.82) is 0 Å². The third kappa shape index (κ3) is 1.80. The molecule has 1 heterocycles. The monoisotopic (exact) mass is 223 g/mol. The summed E-state index contributed by atoms with van der Waals surface area (Å²) in [5, 5.41) is 5.97. The molecule has 5 heteroatoms. The van der Waals surface area contributed by atoms with Crippen LogP contribution in [0.25, 0.3) is 0 Å². The van der Waals surface area contributed by atoms with Crippen molar-refractivity contribution in [2.75, 3.05) is 10.7 Å². The standard InChI is InChI=1S/C10H10ClN3O/c1-6-4-10(15)14(13-6)9-3-2-7(11)5-8(9)12/h2-3,5H,4,12H2,1H3. The van der Waals surface area contributed by atoms with Gasteiger partial charge in [0.05, 0.1) is 17.8 Å². The summed E-state index contributed by atoms with van der Waals surface area (Å²) < 4.78 is 0. The molecule has 1 aliphatic heterocycles. The minimum absolute atomic E-state index is 0.0680. The van der Waals surface area contributed by atoms with E-state index in [0.29, 0.717) is 22.8 Å². The fourth-order valence-corrected chi connectivity index (χ4v) is 1.64. The molecule has 1 aliphatic rings. The van der Waals surface area contributed by atoms with Gasteiger partial charge in [0.25, 0.3) is 5.91 Å². The van der Waals surface area contributed by atoms with E-state index in [4.69, 9.17) is 17.3 Å². The number of nitrogen functional groups attached to an aromatic ring is 1. The molecule has 2 rings (SSSR count). The highest BCUT2D eigenvalue weighted by atomic mass is 35.5. The smallest absolute Gasteiger partial charge is 0.253 e. The lowest BCUT2D eigenvalue weighted by Gasteiger charge is -2.14. The summed E-state index contributed by atoms with van der Waals surface area (Å²) in [6, 6.07) is 4.98. The van der Waals surface area contributed by atoms with Gasteiger partial charge in [-0.25, -0.2) is 0 Å². The van der Waals surface area contributed by atoms with Crippen LogP contribution in [0.3, 0.4) is 0 Å². The Morgan fingerprint density at radius 2 is 2.27 bits per heavy atom. The van der Waals surface area contributed by atoms with Crippen LogP contribution in [0.4, 0.5) is 11.4 Å². The summed E-state index contributed by atoms with van der Waals surface area (Å²) in [5.74, 6) is -0.0680. The average Bonchev–Trinajstić information content (AvgIpc) is 2.45. The Morgan fingerprint density at radius 3 is 2.80 bits per heavy atom.